The zero-order valence-electron chi connectivity index (χ0n) is 9.63. The maximum absolute atomic E-state index is 13.7. The molecule has 0 amide bonds. The Morgan fingerprint density at radius 1 is 1.35 bits per heavy atom. The molecule has 0 atom stereocenters. The number of nitrogens with one attached hydrogen (secondary N) is 1. The third kappa shape index (κ3) is 3.18. The maximum Gasteiger partial charge on any atom is 0.140 e. The lowest BCUT2D eigenvalue weighted by Crippen LogP contribution is -2.30. The summed E-state index contributed by atoms with van der Waals surface area (Å²) in [5.41, 5.74) is 0.635. The van der Waals surface area contributed by atoms with Crippen LogP contribution in [0.15, 0.2) is 17.0 Å². The van der Waals surface area contributed by atoms with Crippen LogP contribution in [-0.2, 0) is 11.3 Å². The van der Waals surface area contributed by atoms with E-state index >= 15 is 0 Å². The number of rotatable bonds is 5. The molecule has 2 rings (SSSR count). The summed E-state index contributed by atoms with van der Waals surface area (Å²) in [5.74, 6) is -0.954. The second-order valence-corrected chi connectivity index (χ2v) is 5.26. The quantitative estimate of drug-likeness (QED) is 0.878. The summed E-state index contributed by atoms with van der Waals surface area (Å²) in [5, 5.41) is 3.22. The van der Waals surface area contributed by atoms with Crippen molar-refractivity contribution < 1.29 is 13.5 Å². The first-order valence-electron chi connectivity index (χ1n) is 5.63. The van der Waals surface area contributed by atoms with E-state index < -0.39 is 11.6 Å². The summed E-state index contributed by atoms with van der Waals surface area (Å²) in [7, 11) is 0. The minimum Gasteiger partial charge on any atom is -0.379 e. The molecule has 1 aliphatic rings. The van der Waals surface area contributed by atoms with E-state index in [-0.39, 0.29) is 10.1 Å². The number of halogens is 2. The Morgan fingerprint density at radius 2 is 2.00 bits per heavy atom. The molecule has 0 aliphatic carbocycles. The molecule has 1 aromatic rings. The molecule has 17 heavy (non-hydrogen) atoms. The third-order valence-electron chi connectivity index (χ3n) is 2.53. The van der Waals surface area contributed by atoms with Crippen molar-refractivity contribution in [1.82, 2.24) is 5.32 Å². The summed E-state index contributed by atoms with van der Waals surface area (Å²) in [4.78, 5) is 0.110. The van der Waals surface area contributed by atoms with Crippen LogP contribution in [-0.4, -0.2) is 25.0 Å². The molecule has 0 spiro atoms. The van der Waals surface area contributed by atoms with Gasteiger partial charge < -0.3 is 10.1 Å². The van der Waals surface area contributed by atoms with Crippen LogP contribution in [0.25, 0.3) is 0 Å². The number of benzene rings is 1. The van der Waals surface area contributed by atoms with Gasteiger partial charge in [-0.05, 0) is 24.2 Å². The minimum absolute atomic E-state index is 0.110. The highest BCUT2D eigenvalue weighted by atomic mass is 32.2. The zero-order valence-corrected chi connectivity index (χ0v) is 10.4. The predicted octanol–water partition coefficient (Wildman–Crippen LogP) is 2.57. The lowest BCUT2D eigenvalue weighted by atomic mass is 10.2. The van der Waals surface area contributed by atoms with Gasteiger partial charge >= 0.3 is 0 Å². The zero-order chi connectivity index (χ0) is 12.3. The molecule has 1 fully saturated rings. The lowest BCUT2D eigenvalue weighted by Gasteiger charge is -2.25. The van der Waals surface area contributed by atoms with Crippen LogP contribution in [0.5, 0.6) is 0 Å². The van der Waals surface area contributed by atoms with Gasteiger partial charge in [0.15, 0.2) is 0 Å². The monoisotopic (exact) mass is 259 g/mol. The van der Waals surface area contributed by atoms with Crippen molar-refractivity contribution >= 4 is 11.8 Å². The average Bonchev–Trinajstić information content (AvgIpc) is 2.23. The first kappa shape index (κ1) is 12.8. The second-order valence-electron chi connectivity index (χ2n) is 3.95. The summed E-state index contributed by atoms with van der Waals surface area (Å²) < 4.78 is 32.4. The third-order valence-corrected chi connectivity index (χ3v) is 3.76. The first-order chi connectivity index (χ1) is 8.20. The minimum atomic E-state index is -0.477. The number of hydrogen-bond donors (Lipinski definition) is 1. The molecular weight excluding hydrogens is 244 g/mol. The largest absolute Gasteiger partial charge is 0.379 e. The van der Waals surface area contributed by atoms with E-state index in [1.54, 1.807) is 0 Å². The molecule has 1 saturated heterocycles. The van der Waals surface area contributed by atoms with Gasteiger partial charge in [-0.2, -0.15) is 0 Å². The molecule has 1 N–H and O–H groups in total. The Bertz CT molecular complexity index is 373. The fourth-order valence-electron chi connectivity index (χ4n) is 1.55. The lowest BCUT2D eigenvalue weighted by molar-refractivity contribution is 0.0454. The first-order valence-corrected chi connectivity index (χ1v) is 6.51. The summed E-state index contributed by atoms with van der Waals surface area (Å²) in [6.45, 7) is 4.36. The topological polar surface area (TPSA) is 21.3 Å². The van der Waals surface area contributed by atoms with E-state index in [2.05, 4.69) is 5.32 Å². The SMILES string of the molecule is CCNCc1cc(F)c(SC2COC2)c(F)c1. The number of hydrogen-bond acceptors (Lipinski definition) is 3. The smallest absolute Gasteiger partial charge is 0.140 e. The summed E-state index contributed by atoms with van der Waals surface area (Å²) in [6.07, 6.45) is 0. The average molecular weight is 259 g/mol. The van der Waals surface area contributed by atoms with Gasteiger partial charge in [-0.25, -0.2) is 8.78 Å². The fourth-order valence-corrected chi connectivity index (χ4v) is 2.55. The van der Waals surface area contributed by atoms with Crippen LogP contribution in [0, 0.1) is 11.6 Å². The molecule has 0 radical (unpaired) electrons. The molecule has 1 aliphatic heterocycles. The van der Waals surface area contributed by atoms with E-state index in [9.17, 15) is 8.78 Å². The van der Waals surface area contributed by atoms with Gasteiger partial charge in [-0.3, -0.25) is 0 Å². The Labute approximate surface area is 104 Å². The Hall–Kier alpha value is -0.650. The van der Waals surface area contributed by atoms with Crippen LogP contribution in [0.2, 0.25) is 0 Å². The van der Waals surface area contributed by atoms with Gasteiger partial charge in [0.1, 0.15) is 11.6 Å². The maximum atomic E-state index is 13.7. The molecule has 0 saturated carbocycles. The van der Waals surface area contributed by atoms with Crippen molar-refractivity contribution in [3.8, 4) is 0 Å². The molecule has 1 aromatic carbocycles. The van der Waals surface area contributed by atoms with Gasteiger partial charge in [0.05, 0.1) is 23.4 Å². The Balaban J connectivity index is 2.10. The molecule has 5 heteroatoms. The van der Waals surface area contributed by atoms with E-state index in [1.807, 2.05) is 6.92 Å². The highest BCUT2D eigenvalue weighted by Crippen LogP contribution is 2.32. The summed E-state index contributed by atoms with van der Waals surface area (Å²) >= 11 is 1.22. The van der Waals surface area contributed by atoms with Gasteiger partial charge in [0.2, 0.25) is 0 Å². The van der Waals surface area contributed by atoms with Crippen molar-refractivity contribution in [2.45, 2.75) is 23.6 Å². The van der Waals surface area contributed by atoms with Crippen LogP contribution >= 0.6 is 11.8 Å². The van der Waals surface area contributed by atoms with Crippen molar-refractivity contribution in [2.75, 3.05) is 19.8 Å². The van der Waals surface area contributed by atoms with Crippen molar-refractivity contribution in [3.63, 3.8) is 0 Å². The Morgan fingerprint density at radius 3 is 2.47 bits per heavy atom. The number of ether oxygens (including phenoxy) is 1. The standard InChI is InChI=1S/C12H15F2NOS/c1-2-15-5-8-3-10(13)12(11(14)4-8)17-9-6-16-7-9/h3-4,9,15H,2,5-7H2,1H3. The highest BCUT2D eigenvalue weighted by Gasteiger charge is 2.23. The van der Waals surface area contributed by atoms with Gasteiger partial charge in [-0.1, -0.05) is 6.92 Å². The van der Waals surface area contributed by atoms with E-state index in [0.29, 0.717) is 25.3 Å². The molecule has 0 aromatic heterocycles. The molecule has 94 valence electrons. The van der Waals surface area contributed by atoms with E-state index in [4.69, 9.17) is 4.74 Å². The Kier molecular flexibility index (Phi) is 4.36. The predicted molar refractivity (Wildman–Crippen MR) is 64.2 cm³/mol. The van der Waals surface area contributed by atoms with Crippen LogP contribution < -0.4 is 5.32 Å². The fraction of sp³-hybridized carbons (Fsp3) is 0.500. The van der Waals surface area contributed by atoms with Crippen molar-refractivity contribution in [1.29, 1.82) is 0 Å². The molecule has 0 bridgehead atoms. The van der Waals surface area contributed by atoms with Crippen molar-refractivity contribution in [3.05, 3.63) is 29.3 Å². The van der Waals surface area contributed by atoms with Crippen LogP contribution in [0.3, 0.4) is 0 Å². The van der Waals surface area contributed by atoms with Gasteiger partial charge in [-0.15, -0.1) is 11.8 Å². The molecule has 2 nitrogen and oxygen atoms in total. The normalized spacial score (nSPS) is 15.9. The van der Waals surface area contributed by atoms with Crippen LogP contribution in [0.1, 0.15) is 12.5 Å². The number of thioether (sulfide) groups is 1. The highest BCUT2D eigenvalue weighted by molar-refractivity contribution is 8.00. The van der Waals surface area contributed by atoms with Crippen molar-refractivity contribution in [2.24, 2.45) is 0 Å². The summed E-state index contributed by atoms with van der Waals surface area (Å²) in [6, 6.07) is 2.79. The van der Waals surface area contributed by atoms with E-state index in [1.165, 1.54) is 23.9 Å². The van der Waals surface area contributed by atoms with Crippen LogP contribution in [0.4, 0.5) is 8.78 Å². The van der Waals surface area contributed by atoms with E-state index in [0.717, 1.165) is 6.54 Å². The van der Waals surface area contributed by atoms with Gasteiger partial charge in [0.25, 0.3) is 0 Å². The molecular formula is C12H15F2NOS. The van der Waals surface area contributed by atoms with Gasteiger partial charge in [0, 0.05) is 6.54 Å². The molecule has 0 unspecified atom stereocenters. The molecule has 1 heterocycles. The second kappa shape index (κ2) is 5.80.